The van der Waals surface area contributed by atoms with Gasteiger partial charge in [0.25, 0.3) is 0 Å². The molecule has 22 heavy (non-hydrogen) atoms. The summed E-state index contributed by atoms with van der Waals surface area (Å²) in [7, 11) is 0. The topological polar surface area (TPSA) is 35.5 Å². The molecule has 1 unspecified atom stereocenters. The van der Waals surface area contributed by atoms with Gasteiger partial charge in [-0.3, -0.25) is 0 Å². The van der Waals surface area contributed by atoms with Crippen LogP contribution in [0.5, 0.6) is 0 Å². The van der Waals surface area contributed by atoms with Gasteiger partial charge in [0.15, 0.2) is 0 Å². The quantitative estimate of drug-likeness (QED) is 0.489. The van der Waals surface area contributed by atoms with Crippen LogP contribution in [0.2, 0.25) is 0 Å². The van der Waals surface area contributed by atoms with Gasteiger partial charge in [0.2, 0.25) is 0 Å². The molecule has 3 nitrogen and oxygen atoms in total. The van der Waals surface area contributed by atoms with E-state index in [1.165, 1.54) is 6.92 Å². The van der Waals surface area contributed by atoms with Gasteiger partial charge in [0.1, 0.15) is 0 Å². The van der Waals surface area contributed by atoms with Gasteiger partial charge in [-0.15, -0.1) is 0 Å². The number of alkyl halides is 2. The number of esters is 1. The molecule has 6 heteroatoms. The van der Waals surface area contributed by atoms with Crippen LogP contribution in [0.25, 0.3) is 0 Å². The molecule has 0 bridgehead atoms. The molecule has 1 aromatic rings. The van der Waals surface area contributed by atoms with Crippen LogP contribution in [-0.2, 0) is 14.3 Å². The first-order chi connectivity index (χ1) is 10.3. The molecule has 0 amide bonds. The van der Waals surface area contributed by atoms with Crippen molar-refractivity contribution >= 4 is 25.4 Å². The summed E-state index contributed by atoms with van der Waals surface area (Å²) in [6.45, 7) is 5.74. The van der Waals surface area contributed by atoms with Crippen LogP contribution in [-0.4, -0.2) is 45.1 Å². The monoisotopic (exact) mass is 380 g/mol. The second-order valence-electron chi connectivity index (χ2n) is 5.22. The minimum absolute atomic E-state index is 0.0598. The molecular formula is C16H22F2O3Se. The first-order valence-corrected chi connectivity index (χ1v) is 9.08. The summed E-state index contributed by atoms with van der Waals surface area (Å²) in [5.74, 6) is -4.75. The third-order valence-corrected chi connectivity index (χ3v) is 4.95. The van der Waals surface area contributed by atoms with E-state index >= 15 is 0 Å². The Morgan fingerprint density at radius 3 is 2.45 bits per heavy atom. The van der Waals surface area contributed by atoms with E-state index in [0.717, 1.165) is 4.46 Å². The molecule has 1 atom stereocenters. The molecule has 0 aliphatic rings. The molecule has 0 heterocycles. The SMILES string of the molecule is CCOC(=O)C(F)(F)CC(OCC(C)C)[Se]c1ccccc1. The first-order valence-electron chi connectivity index (χ1n) is 7.23. The Morgan fingerprint density at radius 1 is 1.27 bits per heavy atom. The predicted molar refractivity (Wildman–Crippen MR) is 82.6 cm³/mol. The molecule has 0 saturated heterocycles. The fraction of sp³-hybridized carbons (Fsp3) is 0.562. The maximum atomic E-state index is 13.9. The van der Waals surface area contributed by atoms with E-state index in [4.69, 9.17) is 4.74 Å². The van der Waals surface area contributed by atoms with E-state index in [0.29, 0.717) is 6.61 Å². The summed E-state index contributed by atoms with van der Waals surface area (Å²) in [6, 6.07) is 9.36. The van der Waals surface area contributed by atoms with E-state index in [1.54, 1.807) is 0 Å². The second-order valence-corrected chi connectivity index (χ2v) is 7.80. The minimum atomic E-state index is -3.52. The third kappa shape index (κ3) is 6.86. The van der Waals surface area contributed by atoms with E-state index in [9.17, 15) is 13.6 Å². The van der Waals surface area contributed by atoms with E-state index in [-0.39, 0.29) is 27.5 Å². The summed E-state index contributed by atoms with van der Waals surface area (Å²) in [4.78, 5) is 11.4. The van der Waals surface area contributed by atoms with Crippen molar-refractivity contribution in [2.24, 2.45) is 5.92 Å². The maximum absolute atomic E-state index is 13.9. The van der Waals surface area contributed by atoms with Gasteiger partial charge in [0.05, 0.1) is 0 Å². The molecule has 124 valence electrons. The molecule has 0 spiro atoms. The summed E-state index contributed by atoms with van der Waals surface area (Å²) < 4.78 is 38.9. The van der Waals surface area contributed by atoms with E-state index < -0.39 is 23.3 Å². The van der Waals surface area contributed by atoms with Crippen molar-refractivity contribution in [3.05, 3.63) is 30.3 Å². The number of hydrogen-bond donors (Lipinski definition) is 0. The molecular weight excluding hydrogens is 357 g/mol. The number of ether oxygens (including phenoxy) is 2. The molecule has 0 N–H and O–H groups in total. The van der Waals surface area contributed by atoms with Crippen LogP contribution >= 0.6 is 0 Å². The zero-order valence-electron chi connectivity index (χ0n) is 13.1. The summed E-state index contributed by atoms with van der Waals surface area (Å²) >= 11 is -0.300. The van der Waals surface area contributed by atoms with E-state index in [2.05, 4.69) is 4.74 Å². The van der Waals surface area contributed by atoms with Gasteiger partial charge in [0, 0.05) is 0 Å². The molecule has 0 aliphatic carbocycles. The Balaban J connectivity index is 2.74. The fourth-order valence-corrected chi connectivity index (χ4v) is 3.83. The normalized spacial score (nSPS) is 13.2. The molecule has 0 fully saturated rings. The van der Waals surface area contributed by atoms with Crippen molar-refractivity contribution in [3.8, 4) is 0 Å². The Hall–Kier alpha value is -0.971. The number of hydrogen-bond acceptors (Lipinski definition) is 3. The summed E-state index contributed by atoms with van der Waals surface area (Å²) in [5.41, 5.74) is 0. The van der Waals surface area contributed by atoms with Crippen molar-refractivity contribution in [1.82, 2.24) is 0 Å². The molecule has 0 aromatic heterocycles. The number of carbonyl (C=O) groups excluding carboxylic acids is 1. The summed E-state index contributed by atoms with van der Waals surface area (Å²) in [5, 5.41) is -0.670. The first kappa shape index (κ1) is 19.1. The number of carbonyl (C=O) groups is 1. The molecule has 1 aromatic carbocycles. The standard InChI is InChI=1S/C16H22F2O3Se/c1-4-20-15(19)16(17,18)10-14(21-11-12(2)3)22-13-8-6-5-7-9-13/h5-9,12,14H,4,10-11H2,1-3H3. The average molecular weight is 379 g/mol. The van der Waals surface area contributed by atoms with Gasteiger partial charge < -0.3 is 0 Å². The predicted octanol–water partition coefficient (Wildman–Crippen LogP) is 2.60. The number of rotatable bonds is 9. The van der Waals surface area contributed by atoms with Gasteiger partial charge >= 0.3 is 136 Å². The molecule has 1 rings (SSSR count). The molecule has 0 radical (unpaired) electrons. The average Bonchev–Trinajstić information content (AvgIpc) is 2.46. The Morgan fingerprint density at radius 2 is 1.91 bits per heavy atom. The fourth-order valence-electron chi connectivity index (χ4n) is 1.61. The van der Waals surface area contributed by atoms with Crippen molar-refractivity contribution in [3.63, 3.8) is 0 Å². The van der Waals surface area contributed by atoms with Gasteiger partial charge in [-0.2, -0.15) is 0 Å². The van der Waals surface area contributed by atoms with Crippen LogP contribution < -0.4 is 4.46 Å². The second kappa shape index (κ2) is 9.23. The Bertz CT molecular complexity index is 452. The Labute approximate surface area is 136 Å². The van der Waals surface area contributed by atoms with Crippen molar-refractivity contribution in [2.75, 3.05) is 13.2 Å². The van der Waals surface area contributed by atoms with Gasteiger partial charge in [-0.05, 0) is 0 Å². The molecule has 0 aliphatic heterocycles. The van der Waals surface area contributed by atoms with Crippen LogP contribution in [0.1, 0.15) is 27.2 Å². The van der Waals surface area contributed by atoms with Gasteiger partial charge in [-0.1, -0.05) is 0 Å². The van der Waals surface area contributed by atoms with Gasteiger partial charge in [-0.25, -0.2) is 0 Å². The molecule has 0 saturated carbocycles. The number of benzene rings is 1. The summed E-state index contributed by atoms with van der Waals surface area (Å²) in [6.07, 6.45) is -0.645. The van der Waals surface area contributed by atoms with Crippen LogP contribution in [0, 0.1) is 5.92 Å². The van der Waals surface area contributed by atoms with Crippen molar-refractivity contribution < 1.29 is 23.0 Å². The van der Waals surface area contributed by atoms with Crippen LogP contribution in [0.4, 0.5) is 8.78 Å². The van der Waals surface area contributed by atoms with Crippen molar-refractivity contribution in [1.29, 1.82) is 0 Å². The zero-order valence-corrected chi connectivity index (χ0v) is 14.8. The number of halogens is 2. The Kier molecular flexibility index (Phi) is 8.01. The third-order valence-electron chi connectivity index (χ3n) is 2.62. The van der Waals surface area contributed by atoms with E-state index in [1.807, 2.05) is 44.2 Å². The van der Waals surface area contributed by atoms with Crippen LogP contribution in [0.15, 0.2) is 30.3 Å². The zero-order chi connectivity index (χ0) is 16.6. The van der Waals surface area contributed by atoms with Crippen LogP contribution in [0.3, 0.4) is 0 Å². The van der Waals surface area contributed by atoms with Crippen molar-refractivity contribution in [2.45, 2.75) is 38.1 Å².